The number of hydrogen-bond acceptors (Lipinski definition) is 5. The number of hydrogen-bond donors (Lipinski definition) is 1. The lowest BCUT2D eigenvalue weighted by molar-refractivity contribution is 0.331. The number of nitrogens with zero attached hydrogens (tertiary/aromatic N) is 1. The Labute approximate surface area is 155 Å². The van der Waals surface area contributed by atoms with Crippen LogP contribution in [0.25, 0.3) is 11.3 Å². The van der Waals surface area contributed by atoms with Crippen LogP contribution in [0.5, 0.6) is 5.75 Å². The van der Waals surface area contributed by atoms with E-state index in [9.17, 15) is 12.8 Å². The fraction of sp³-hybridized carbons (Fsp3) is 0.167. The van der Waals surface area contributed by atoms with Crippen LogP contribution in [0.3, 0.4) is 0 Å². The number of halogens is 1. The van der Waals surface area contributed by atoms with E-state index in [1.807, 2.05) is 12.3 Å². The lowest BCUT2D eigenvalue weighted by Crippen LogP contribution is -2.15. The van der Waals surface area contributed by atoms with Crippen LogP contribution in [-0.2, 0) is 10.0 Å². The molecule has 3 aromatic rings. The van der Waals surface area contributed by atoms with Crippen LogP contribution in [0.4, 0.5) is 10.1 Å². The van der Waals surface area contributed by atoms with E-state index >= 15 is 0 Å². The highest BCUT2D eigenvalue weighted by Gasteiger charge is 2.21. The predicted molar refractivity (Wildman–Crippen MR) is 101 cm³/mol. The summed E-state index contributed by atoms with van der Waals surface area (Å²) in [5.41, 5.74) is 1.50. The summed E-state index contributed by atoms with van der Waals surface area (Å²) in [6.45, 7) is 3.97. The van der Waals surface area contributed by atoms with Gasteiger partial charge in [-0.3, -0.25) is 4.72 Å². The van der Waals surface area contributed by atoms with Gasteiger partial charge in [-0.25, -0.2) is 17.8 Å². The summed E-state index contributed by atoms with van der Waals surface area (Å²) in [5, 5.41) is 2.75. The van der Waals surface area contributed by atoms with Crippen LogP contribution < -0.4 is 9.46 Å². The molecule has 1 N–H and O–H groups in total. The predicted octanol–water partition coefficient (Wildman–Crippen LogP) is 4.46. The minimum absolute atomic E-state index is 0.0215. The molecule has 5 nitrogen and oxygen atoms in total. The lowest BCUT2D eigenvalue weighted by atomic mass is 10.2. The van der Waals surface area contributed by atoms with Crippen molar-refractivity contribution in [3.63, 3.8) is 0 Å². The van der Waals surface area contributed by atoms with Crippen molar-refractivity contribution in [3.05, 3.63) is 58.7 Å². The van der Waals surface area contributed by atoms with Gasteiger partial charge in [0.05, 0.1) is 23.0 Å². The second kappa shape index (κ2) is 7.43. The molecule has 0 unspecified atom stereocenters. The van der Waals surface area contributed by atoms with Gasteiger partial charge in [-0.1, -0.05) is 6.07 Å². The van der Waals surface area contributed by atoms with Gasteiger partial charge in [0.1, 0.15) is 16.5 Å². The third kappa shape index (κ3) is 4.03. The molecule has 1 heterocycles. The zero-order valence-corrected chi connectivity index (χ0v) is 15.8. The molecule has 0 saturated carbocycles. The number of anilines is 1. The Hall–Kier alpha value is -2.45. The Bertz CT molecular complexity index is 1030. The Morgan fingerprint density at radius 1 is 1.23 bits per heavy atom. The van der Waals surface area contributed by atoms with E-state index in [2.05, 4.69) is 9.71 Å². The van der Waals surface area contributed by atoms with Gasteiger partial charge in [0, 0.05) is 10.9 Å². The summed E-state index contributed by atoms with van der Waals surface area (Å²) >= 11 is 1.48. The lowest BCUT2D eigenvalue weighted by Gasteiger charge is -2.14. The second-order valence-corrected chi connectivity index (χ2v) is 8.18. The molecule has 136 valence electrons. The molecule has 0 aliphatic heterocycles. The first-order chi connectivity index (χ1) is 12.4. The average Bonchev–Trinajstić information content (AvgIpc) is 3.01. The fourth-order valence-electron chi connectivity index (χ4n) is 2.41. The number of rotatable bonds is 6. The van der Waals surface area contributed by atoms with Gasteiger partial charge in [-0.05, 0) is 50.2 Å². The van der Waals surface area contributed by atoms with E-state index in [0.717, 1.165) is 11.1 Å². The topological polar surface area (TPSA) is 68.3 Å². The molecular weight excluding hydrogens is 375 g/mol. The largest absolute Gasteiger partial charge is 0.492 e. The minimum Gasteiger partial charge on any atom is -0.492 e. The Morgan fingerprint density at radius 3 is 2.69 bits per heavy atom. The summed E-state index contributed by atoms with van der Waals surface area (Å²) in [7, 11) is -3.97. The van der Waals surface area contributed by atoms with Gasteiger partial charge in [0.2, 0.25) is 0 Å². The quantitative estimate of drug-likeness (QED) is 0.673. The third-order valence-electron chi connectivity index (χ3n) is 3.52. The number of sulfonamides is 1. The summed E-state index contributed by atoms with van der Waals surface area (Å²) in [6, 6.07) is 10.2. The molecule has 0 aliphatic carbocycles. The van der Waals surface area contributed by atoms with E-state index in [-0.39, 0.29) is 16.3 Å². The molecule has 0 amide bonds. The molecule has 0 spiro atoms. The van der Waals surface area contributed by atoms with Crippen molar-refractivity contribution in [1.82, 2.24) is 4.98 Å². The standard InChI is InChI=1S/C18H17FN2O3S2/c1-3-24-17-8-7-13(16-11-25-12(2)20-16)9-18(17)26(22,23)21-15-6-4-5-14(19)10-15/h4-11,21H,3H2,1-2H3. The first-order valence-electron chi connectivity index (χ1n) is 7.87. The van der Waals surface area contributed by atoms with Crippen molar-refractivity contribution in [2.24, 2.45) is 0 Å². The normalized spacial score (nSPS) is 11.3. The zero-order valence-electron chi connectivity index (χ0n) is 14.2. The molecule has 2 aromatic carbocycles. The molecule has 0 aliphatic rings. The molecule has 0 fully saturated rings. The maximum absolute atomic E-state index is 13.4. The average molecular weight is 392 g/mol. The minimum atomic E-state index is -3.97. The molecular formula is C18H17FN2O3S2. The molecule has 0 atom stereocenters. The summed E-state index contributed by atoms with van der Waals surface area (Å²) in [5.74, 6) is -0.297. The Balaban J connectivity index is 2.05. The van der Waals surface area contributed by atoms with Crippen LogP contribution in [-0.4, -0.2) is 20.0 Å². The van der Waals surface area contributed by atoms with E-state index in [1.54, 1.807) is 19.1 Å². The van der Waals surface area contributed by atoms with Crippen molar-refractivity contribution in [2.45, 2.75) is 18.7 Å². The molecule has 1 aromatic heterocycles. The number of thiazole rings is 1. The van der Waals surface area contributed by atoms with Gasteiger partial charge < -0.3 is 4.74 Å². The monoisotopic (exact) mass is 392 g/mol. The SMILES string of the molecule is CCOc1ccc(-c2csc(C)n2)cc1S(=O)(=O)Nc1cccc(F)c1. The molecule has 0 radical (unpaired) electrons. The van der Waals surface area contributed by atoms with Crippen molar-refractivity contribution in [3.8, 4) is 17.0 Å². The highest BCUT2D eigenvalue weighted by atomic mass is 32.2. The van der Waals surface area contributed by atoms with Crippen molar-refractivity contribution in [1.29, 1.82) is 0 Å². The molecule has 0 saturated heterocycles. The van der Waals surface area contributed by atoms with Crippen molar-refractivity contribution in [2.75, 3.05) is 11.3 Å². The third-order valence-corrected chi connectivity index (χ3v) is 5.70. The van der Waals surface area contributed by atoms with Crippen LogP contribution >= 0.6 is 11.3 Å². The van der Waals surface area contributed by atoms with E-state index in [0.29, 0.717) is 17.9 Å². The number of aryl methyl sites for hydroxylation is 1. The number of aromatic nitrogens is 1. The molecule has 26 heavy (non-hydrogen) atoms. The van der Waals surface area contributed by atoms with Crippen LogP contribution in [0.2, 0.25) is 0 Å². The highest BCUT2D eigenvalue weighted by Crippen LogP contribution is 2.32. The van der Waals surface area contributed by atoms with Crippen molar-refractivity contribution >= 4 is 27.0 Å². The first kappa shape index (κ1) is 18.3. The van der Waals surface area contributed by atoms with E-state index < -0.39 is 15.8 Å². The van der Waals surface area contributed by atoms with E-state index in [1.165, 1.54) is 35.6 Å². The smallest absolute Gasteiger partial charge is 0.265 e. The van der Waals surface area contributed by atoms with Crippen LogP contribution in [0.1, 0.15) is 11.9 Å². The van der Waals surface area contributed by atoms with Crippen LogP contribution in [0.15, 0.2) is 52.7 Å². The summed E-state index contributed by atoms with van der Waals surface area (Å²) in [6.07, 6.45) is 0. The Kier molecular flexibility index (Phi) is 5.24. The van der Waals surface area contributed by atoms with Crippen molar-refractivity contribution < 1.29 is 17.5 Å². The summed E-state index contributed by atoms with van der Waals surface area (Å²) in [4.78, 5) is 4.37. The molecule has 8 heteroatoms. The first-order valence-corrected chi connectivity index (χ1v) is 10.2. The van der Waals surface area contributed by atoms with Gasteiger partial charge in [-0.15, -0.1) is 11.3 Å². The van der Waals surface area contributed by atoms with Gasteiger partial charge in [0.15, 0.2) is 0 Å². The fourth-order valence-corrected chi connectivity index (χ4v) is 4.25. The number of ether oxygens (including phenoxy) is 1. The number of nitrogens with one attached hydrogen (secondary N) is 1. The Morgan fingerprint density at radius 2 is 2.04 bits per heavy atom. The number of benzene rings is 2. The maximum Gasteiger partial charge on any atom is 0.265 e. The maximum atomic E-state index is 13.4. The van der Waals surface area contributed by atoms with Gasteiger partial charge >= 0.3 is 0 Å². The van der Waals surface area contributed by atoms with Gasteiger partial charge in [0.25, 0.3) is 10.0 Å². The second-order valence-electron chi connectivity index (χ2n) is 5.46. The summed E-state index contributed by atoms with van der Waals surface area (Å²) < 4.78 is 47.0. The molecule has 3 rings (SSSR count). The van der Waals surface area contributed by atoms with E-state index in [4.69, 9.17) is 4.74 Å². The highest BCUT2D eigenvalue weighted by molar-refractivity contribution is 7.92. The zero-order chi connectivity index (χ0) is 18.7. The van der Waals surface area contributed by atoms with Crippen LogP contribution in [0, 0.1) is 12.7 Å². The molecule has 0 bridgehead atoms. The van der Waals surface area contributed by atoms with Gasteiger partial charge in [-0.2, -0.15) is 0 Å².